The normalized spacial score (nSPS) is 12.0. The summed E-state index contributed by atoms with van der Waals surface area (Å²) in [6.45, 7) is 6.71. The second-order valence-corrected chi connectivity index (χ2v) is 18.8. The predicted molar refractivity (Wildman–Crippen MR) is 280 cm³/mol. The Kier molecular flexibility index (Phi) is 9.31. The molecule has 0 N–H and O–H groups in total. The van der Waals surface area contributed by atoms with Crippen molar-refractivity contribution in [2.75, 3.05) is 0 Å². The van der Waals surface area contributed by atoms with Crippen LogP contribution in [0.3, 0.4) is 0 Å². The molecule has 6 heteroatoms. The number of hydrogen-bond donors (Lipinski definition) is 0. The fourth-order valence-electron chi connectivity index (χ4n) is 10.3. The third-order valence-corrected chi connectivity index (χ3v) is 13.6. The summed E-state index contributed by atoms with van der Waals surface area (Å²) in [5.74, 6) is 2.32. The molecule has 0 amide bonds. The molecule has 4 aromatic heterocycles. The Morgan fingerprint density at radius 2 is 1.12 bits per heavy atom. The monoisotopic (exact) mass is 887 g/mol. The summed E-state index contributed by atoms with van der Waals surface area (Å²) in [6.07, 6.45) is 7.87. The van der Waals surface area contributed by atoms with E-state index in [1.807, 2.05) is 18.5 Å². The fourth-order valence-corrected chi connectivity index (χ4v) is 10.3. The summed E-state index contributed by atoms with van der Waals surface area (Å²) >= 11 is 0. The first-order chi connectivity index (χ1) is 33.9. The van der Waals surface area contributed by atoms with Crippen LogP contribution in [-0.2, 0) is 5.41 Å². The van der Waals surface area contributed by atoms with Crippen molar-refractivity contribution in [2.24, 2.45) is 0 Å². The molecule has 13 rings (SSSR count). The predicted octanol–water partition coefficient (Wildman–Crippen LogP) is 15.3. The lowest BCUT2D eigenvalue weighted by Gasteiger charge is -2.26. The molecule has 1 aliphatic carbocycles. The maximum atomic E-state index is 6.82. The Bertz CT molecular complexity index is 3980. The third kappa shape index (κ3) is 6.67. The van der Waals surface area contributed by atoms with Gasteiger partial charge in [0.15, 0.2) is 0 Å². The number of ether oxygens (including phenoxy) is 1. The Morgan fingerprint density at radius 1 is 0.493 bits per heavy atom. The van der Waals surface area contributed by atoms with E-state index >= 15 is 0 Å². The molecule has 0 spiro atoms. The highest BCUT2D eigenvalue weighted by molar-refractivity contribution is 6.10. The quantitative estimate of drug-likeness (QED) is 0.123. The van der Waals surface area contributed by atoms with E-state index in [1.54, 1.807) is 0 Å². The lowest BCUT2D eigenvalue weighted by molar-refractivity contribution is -0.571. The number of hydrogen-bond acceptors (Lipinski definition) is 3. The number of imidazole rings is 1. The van der Waals surface area contributed by atoms with Gasteiger partial charge >= 0.3 is 0 Å². The Hall–Kier alpha value is -8.87. The van der Waals surface area contributed by atoms with Crippen molar-refractivity contribution in [1.82, 2.24) is 19.1 Å². The summed E-state index contributed by atoms with van der Waals surface area (Å²) in [5, 5.41) is 2.31. The minimum absolute atomic E-state index is 0.0250. The van der Waals surface area contributed by atoms with Crippen molar-refractivity contribution in [1.29, 1.82) is 0 Å². The molecule has 0 radical (unpaired) electrons. The van der Waals surface area contributed by atoms with Crippen molar-refractivity contribution >= 4 is 32.8 Å². The van der Waals surface area contributed by atoms with E-state index in [9.17, 15) is 0 Å². The van der Waals surface area contributed by atoms with Crippen LogP contribution in [0, 0.1) is 6.33 Å². The van der Waals surface area contributed by atoms with E-state index in [1.165, 1.54) is 22.1 Å². The van der Waals surface area contributed by atoms with Crippen molar-refractivity contribution in [3.8, 4) is 84.5 Å². The highest BCUT2D eigenvalue weighted by Crippen LogP contribution is 2.50. The molecule has 1 aliphatic rings. The molecule has 8 aromatic carbocycles. The van der Waals surface area contributed by atoms with Crippen LogP contribution >= 0.6 is 0 Å². The molecule has 6 nitrogen and oxygen atoms in total. The van der Waals surface area contributed by atoms with Gasteiger partial charge in [0.2, 0.25) is 0 Å². The molecule has 0 unspecified atom stereocenters. The highest BCUT2D eigenvalue weighted by atomic mass is 16.5. The highest BCUT2D eigenvalue weighted by Gasteiger charge is 2.29. The van der Waals surface area contributed by atoms with Gasteiger partial charge in [0.05, 0.1) is 39.1 Å². The van der Waals surface area contributed by atoms with Gasteiger partial charge in [-0.15, -0.1) is 0 Å². The number of para-hydroxylation sites is 3. The van der Waals surface area contributed by atoms with Crippen molar-refractivity contribution in [3.05, 3.63) is 231 Å². The van der Waals surface area contributed by atoms with E-state index < -0.39 is 0 Å². The Morgan fingerprint density at radius 3 is 1.88 bits per heavy atom. The van der Waals surface area contributed by atoms with Crippen LogP contribution in [0.1, 0.15) is 26.3 Å². The largest absolute Gasteiger partial charge is 0.458 e. The van der Waals surface area contributed by atoms with Crippen LogP contribution in [0.25, 0.3) is 106 Å². The van der Waals surface area contributed by atoms with Crippen LogP contribution in [0.2, 0.25) is 0 Å². The molecular weight excluding hydrogens is 843 g/mol. The summed E-state index contributed by atoms with van der Waals surface area (Å²) in [4.78, 5) is 10.3. The zero-order valence-electron chi connectivity index (χ0n) is 38.4. The van der Waals surface area contributed by atoms with Gasteiger partial charge in [-0.1, -0.05) is 172 Å². The minimum atomic E-state index is -0.0250. The molecule has 0 saturated heterocycles. The van der Waals surface area contributed by atoms with Gasteiger partial charge in [-0.3, -0.25) is 18.7 Å². The minimum Gasteiger partial charge on any atom is -0.458 e. The van der Waals surface area contributed by atoms with E-state index in [0.29, 0.717) is 5.75 Å². The van der Waals surface area contributed by atoms with E-state index in [0.717, 1.165) is 95.0 Å². The van der Waals surface area contributed by atoms with Gasteiger partial charge in [-0.05, 0) is 92.9 Å². The van der Waals surface area contributed by atoms with Crippen LogP contribution in [-0.4, -0.2) is 19.1 Å². The summed E-state index contributed by atoms with van der Waals surface area (Å²) < 4.78 is 13.5. The van der Waals surface area contributed by atoms with Crippen LogP contribution in [0.5, 0.6) is 11.5 Å². The zero-order valence-corrected chi connectivity index (χ0v) is 38.4. The molecule has 0 bridgehead atoms. The average Bonchev–Trinajstić information content (AvgIpc) is 3.94. The van der Waals surface area contributed by atoms with E-state index in [4.69, 9.17) is 14.7 Å². The molecule has 0 saturated carbocycles. The molecule has 0 fully saturated rings. The number of fused-ring (bicyclic) bond motifs is 12. The number of nitrogens with zero attached hydrogens (tertiary/aromatic N) is 5. The van der Waals surface area contributed by atoms with Crippen molar-refractivity contribution in [2.45, 2.75) is 26.2 Å². The molecule has 328 valence electrons. The summed E-state index contributed by atoms with van der Waals surface area (Å²) in [5.41, 5.74) is 18.1. The Balaban J connectivity index is 0.986. The van der Waals surface area contributed by atoms with E-state index in [2.05, 4.69) is 241 Å². The molecule has 0 atom stereocenters. The first-order valence-corrected chi connectivity index (χ1v) is 23.5. The second-order valence-electron chi connectivity index (χ2n) is 18.8. The topological polar surface area (TPSA) is 48.8 Å². The van der Waals surface area contributed by atoms with Crippen LogP contribution in [0.4, 0.5) is 0 Å². The van der Waals surface area contributed by atoms with Gasteiger partial charge in [0, 0.05) is 45.9 Å². The first-order valence-electron chi connectivity index (χ1n) is 23.5. The maximum absolute atomic E-state index is 6.82. The van der Waals surface area contributed by atoms with Crippen molar-refractivity contribution in [3.63, 3.8) is 0 Å². The van der Waals surface area contributed by atoms with Crippen LogP contribution < -0.4 is 9.30 Å². The molecular formula is C63H45N5O. The van der Waals surface area contributed by atoms with Gasteiger partial charge < -0.3 is 4.74 Å². The zero-order chi connectivity index (χ0) is 46.2. The smallest absolute Gasteiger partial charge is 0.269 e. The van der Waals surface area contributed by atoms with Gasteiger partial charge in [-0.2, -0.15) is 0 Å². The molecule has 4 heterocycles. The van der Waals surface area contributed by atoms with Crippen LogP contribution in [0.15, 0.2) is 219 Å². The average molecular weight is 888 g/mol. The SMILES string of the molecule is CC(C)(C)c1ccnc(-n2c3ccccc3c3ccc(Oc4cccc(-n5[c-][n+](-c6c(-c7ccccc7)cnc7c6-c6ccccc6-c6ccccc6-c6ccccc6-7)c6ccccc65)c4)cc32)c1. The van der Waals surface area contributed by atoms with Gasteiger partial charge in [0.25, 0.3) is 6.33 Å². The third-order valence-electron chi connectivity index (χ3n) is 13.6. The fraction of sp³-hybridized carbons (Fsp3) is 0.0635. The van der Waals surface area contributed by atoms with Gasteiger partial charge in [-0.25, -0.2) is 4.98 Å². The lowest BCUT2D eigenvalue weighted by Crippen LogP contribution is -2.32. The first kappa shape index (κ1) is 40.4. The number of aromatic nitrogens is 5. The summed E-state index contributed by atoms with van der Waals surface area (Å²) in [6, 6.07) is 72.8. The second kappa shape index (κ2) is 15.9. The lowest BCUT2D eigenvalue weighted by atomic mass is 9.81. The van der Waals surface area contributed by atoms with Gasteiger partial charge in [0.1, 0.15) is 17.3 Å². The standard InChI is InChI=1S/C63H45N5O/c1-63(2,3)42-34-35-64-59(36-42)68-55-29-14-13-26-50(55)51-33-32-45(38-58(51)68)69-44-21-17-20-43(37-44)66-40-67(57-31-16-15-30-56(57)66)62-54(41-18-5-4-6-19-41)39-65-61-53-28-12-10-25-49(53)47-23-8-7-22-46(47)48-24-9-11-27-52(48)60(61)62/h4-39H,1-3H3. The number of benzene rings is 8. The summed E-state index contributed by atoms with van der Waals surface area (Å²) in [7, 11) is 0. The molecule has 12 aromatic rings. The van der Waals surface area contributed by atoms with Crippen molar-refractivity contribution < 1.29 is 9.30 Å². The van der Waals surface area contributed by atoms with E-state index in [-0.39, 0.29) is 5.41 Å². The molecule has 0 aliphatic heterocycles. The number of rotatable bonds is 6. The Labute approximate surface area is 400 Å². The molecule has 69 heavy (non-hydrogen) atoms. The number of pyridine rings is 2. The maximum Gasteiger partial charge on any atom is 0.269 e.